The molecule has 0 saturated heterocycles. The fourth-order valence-electron chi connectivity index (χ4n) is 4.86. The van der Waals surface area contributed by atoms with Crippen molar-refractivity contribution in [2.24, 2.45) is 0 Å². The number of phenolic OH excluding ortho intramolecular Hbond substituents is 3. The third-order valence-electron chi connectivity index (χ3n) is 6.31. The van der Waals surface area contributed by atoms with E-state index in [2.05, 4.69) is 6.07 Å². The van der Waals surface area contributed by atoms with Crippen LogP contribution in [0, 0.1) is 0 Å². The molecule has 6 aromatic carbocycles. The minimum Gasteiger partial charge on any atom is -0.508 e. The Bertz CT molecular complexity index is 1700. The predicted octanol–water partition coefficient (Wildman–Crippen LogP) is 7.60. The number of hydrogen-bond acceptors (Lipinski definition) is 3. The van der Waals surface area contributed by atoms with Crippen LogP contribution in [0.1, 0.15) is 0 Å². The largest absolute Gasteiger partial charge is 0.508 e. The summed E-state index contributed by atoms with van der Waals surface area (Å²) in [5.41, 5.74) is 3.65. The lowest BCUT2D eigenvalue weighted by Crippen LogP contribution is -1.89. The van der Waals surface area contributed by atoms with Crippen LogP contribution in [0.4, 0.5) is 0 Å². The van der Waals surface area contributed by atoms with Crippen LogP contribution in [-0.2, 0) is 0 Å². The van der Waals surface area contributed by atoms with Crippen LogP contribution in [0.5, 0.6) is 17.2 Å². The highest BCUT2D eigenvalue weighted by molar-refractivity contribution is 6.14. The molecular weight excluding hydrogens is 408 g/mol. The van der Waals surface area contributed by atoms with E-state index < -0.39 is 0 Å². The van der Waals surface area contributed by atoms with Crippen molar-refractivity contribution in [3.8, 4) is 39.5 Å². The smallest absolute Gasteiger partial charge is 0.124 e. The first-order valence-electron chi connectivity index (χ1n) is 10.8. The van der Waals surface area contributed by atoms with Gasteiger partial charge >= 0.3 is 0 Å². The van der Waals surface area contributed by atoms with Crippen LogP contribution in [0.2, 0.25) is 0 Å². The Kier molecular flexibility index (Phi) is 4.24. The van der Waals surface area contributed by atoms with Gasteiger partial charge in [0.2, 0.25) is 0 Å². The normalized spacial score (nSPS) is 11.4. The lowest BCUT2D eigenvalue weighted by molar-refractivity contribution is 0.475. The van der Waals surface area contributed by atoms with E-state index in [1.54, 1.807) is 30.3 Å². The number of hydrogen-bond donors (Lipinski definition) is 3. The molecule has 0 aliphatic carbocycles. The molecule has 3 N–H and O–H groups in total. The maximum Gasteiger partial charge on any atom is 0.124 e. The average molecular weight is 428 g/mol. The van der Waals surface area contributed by atoms with Crippen molar-refractivity contribution in [3.05, 3.63) is 103 Å². The molecule has 0 heterocycles. The van der Waals surface area contributed by atoms with Crippen molar-refractivity contribution in [2.75, 3.05) is 0 Å². The van der Waals surface area contributed by atoms with Crippen molar-refractivity contribution in [3.63, 3.8) is 0 Å². The highest BCUT2D eigenvalue weighted by Gasteiger charge is 2.16. The maximum absolute atomic E-state index is 11.0. The highest BCUT2D eigenvalue weighted by Crippen LogP contribution is 2.44. The van der Waals surface area contributed by atoms with Crippen LogP contribution in [0.15, 0.2) is 103 Å². The topological polar surface area (TPSA) is 60.7 Å². The minimum absolute atomic E-state index is 0.180. The number of fused-ring (bicyclic) bond motifs is 3. The Morgan fingerprint density at radius 1 is 0.394 bits per heavy atom. The summed E-state index contributed by atoms with van der Waals surface area (Å²) in [6.07, 6.45) is 0. The van der Waals surface area contributed by atoms with Gasteiger partial charge in [-0.2, -0.15) is 0 Å². The van der Waals surface area contributed by atoms with Gasteiger partial charge in [-0.3, -0.25) is 0 Å². The van der Waals surface area contributed by atoms with E-state index in [-0.39, 0.29) is 17.2 Å². The fraction of sp³-hybridized carbons (Fsp3) is 0. The number of aromatic hydroxyl groups is 3. The Hall–Kier alpha value is -4.50. The summed E-state index contributed by atoms with van der Waals surface area (Å²) >= 11 is 0. The Morgan fingerprint density at radius 2 is 1.12 bits per heavy atom. The molecule has 0 saturated carbocycles. The summed E-state index contributed by atoms with van der Waals surface area (Å²) in [5, 5.41) is 37.0. The van der Waals surface area contributed by atoms with Crippen molar-refractivity contribution < 1.29 is 15.3 Å². The van der Waals surface area contributed by atoms with Gasteiger partial charge < -0.3 is 15.3 Å². The zero-order chi connectivity index (χ0) is 22.5. The first-order valence-corrected chi connectivity index (χ1v) is 10.8. The van der Waals surface area contributed by atoms with Gasteiger partial charge in [0.1, 0.15) is 17.2 Å². The van der Waals surface area contributed by atoms with Crippen molar-refractivity contribution in [2.45, 2.75) is 0 Å². The summed E-state index contributed by atoms with van der Waals surface area (Å²) in [6.45, 7) is 0. The van der Waals surface area contributed by atoms with Gasteiger partial charge in [0.05, 0.1) is 0 Å². The van der Waals surface area contributed by atoms with Gasteiger partial charge in [0, 0.05) is 5.39 Å². The van der Waals surface area contributed by atoms with Crippen LogP contribution in [0.25, 0.3) is 54.6 Å². The van der Waals surface area contributed by atoms with Crippen LogP contribution in [0.3, 0.4) is 0 Å². The Morgan fingerprint density at radius 3 is 2.03 bits per heavy atom. The summed E-state index contributed by atoms with van der Waals surface area (Å²) in [4.78, 5) is 0. The molecule has 0 aliphatic rings. The standard InChI is InChI=1S/C30H20O3/c31-20-12-11-18-6-3-8-23(27(18)16-20)24-13-14-26(30-25(24)9-4-10-29(30)33)28-17-21(32)15-19-5-1-2-7-22(19)28/h1-17,31-33H. The second-order valence-corrected chi connectivity index (χ2v) is 8.29. The third kappa shape index (κ3) is 3.06. The Balaban J connectivity index is 1.71. The third-order valence-corrected chi connectivity index (χ3v) is 6.31. The minimum atomic E-state index is 0.180. The summed E-state index contributed by atoms with van der Waals surface area (Å²) in [7, 11) is 0. The van der Waals surface area contributed by atoms with Gasteiger partial charge in [-0.05, 0) is 79.5 Å². The van der Waals surface area contributed by atoms with E-state index in [1.165, 1.54) is 0 Å². The van der Waals surface area contributed by atoms with Crippen LogP contribution >= 0.6 is 0 Å². The molecule has 0 bridgehead atoms. The number of benzene rings is 6. The van der Waals surface area contributed by atoms with Crippen molar-refractivity contribution in [1.29, 1.82) is 0 Å². The van der Waals surface area contributed by atoms with Crippen LogP contribution in [-0.4, -0.2) is 15.3 Å². The SMILES string of the molecule is Oc1cc(-c2ccc(-c3cccc4ccc(O)cc34)c3cccc(O)c23)c2ccccc2c1. The first kappa shape index (κ1) is 19.2. The van der Waals surface area contributed by atoms with Crippen molar-refractivity contribution in [1.82, 2.24) is 0 Å². The molecule has 0 spiro atoms. The van der Waals surface area contributed by atoms with E-state index in [4.69, 9.17) is 0 Å². The van der Waals surface area contributed by atoms with E-state index in [0.29, 0.717) is 0 Å². The number of phenols is 3. The molecule has 0 atom stereocenters. The zero-order valence-corrected chi connectivity index (χ0v) is 17.7. The molecular formula is C30H20O3. The summed E-state index contributed by atoms with van der Waals surface area (Å²) in [6, 6.07) is 32.4. The lowest BCUT2D eigenvalue weighted by Gasteiger charge is -2.16. The first-order chi connectivity index (χ1) is 16.1. The van der Waals surface area contributed by atoms with E-state index in [9.17, 15) is 15.3 Å². The van der Waals surface area contributed by atoms with E-state index in [1.807, 2.05) is 66.7 Å². The van der Waals surface area contributed by atoms with Gasteiger partial charge in [0.25, 0.3) is 0 Å². The molecule has 0 amide bonds. The van der Waals surface area contributed by atoms with E-state index >= 15 is 0 Å². The molecule has 33 heavy (non-hydrogen) atoms. The molecule has 3 heteroatoms. The van der Waals surface area contributed by atoms with Gasteiger partial charge in [-0.25, -0.2) is 0 Å². The Labute approximate surface area is 190 Å². The molecule has 158 valence electrons. The molecule has 6 aromatic rings. The van der Waals surface area contributed by atoms with Gasteiger partial charge in [0.15, 0.2) is 0 Å². The molecule has 0 unspecified atom stereocenters. The van der Waals surface area contributed by atoms with Gasteiger partial charge in [-0.1, -0.05) is 72.8 Å². The second-order valence-electron chi connectivity index (χ2n) is 8.29. The van der Waals surface area contributed by atoms with Crippen LogP contribution < -0.4 is 0 Å². The molecule has 0 fully saturated rings. The zero-order valence-electron chi connectivity index (χ0n) is 17.7. The average Bonchev–Trinajstić information content (AvgIpc) is 2.83. The quantitative estimate of drug-likeness (QED) is 0.266. The number of rotatable bonds is 2. The van der Waals surface area contributed by atoms with Gasteiger partial charge in [-0.15, -0.1) is 0 Å². The highest BCUT2D eigenvalue weighted by atomic mass is 16.3. The predicted molar refractivity (Wildman–Crippen MR) is 135 cm³/mol. The fourth-order valence-corrected chi connectivity index (χ4v) is 4.86. The summed E-state index contributed by atoms with van der Waals surface area (Å²) in [5.74, 6) is 0.575. The molecule has 3 nitrogen and oxygen atoms in total. The van der Waals surface area contributed by atoms with Crippen molar-refractivity contribution >= 4 is 32.3 Å². The maximum atomic E-state index is 11.0. The molecule has 0 aromatic heterocycles. The summed E-state index contributed by atoms with van der Waals surface area (Å²) < 4.78 is 0. The molecule has 6 rings (SSSR count). The monoisotopic (exact) mass is 428 g/mol. The van der Waals surface area contributed by atoms with E-state index in [0.717, 1.165) is 54.6 Å². The lowest BCUT2D eigenvalue weighted by atomic mass is 9.88. The molecule has 0 aliphatic heterocycles. The molecule has 0 radical (unpaired) electrons. The second kappa shape index (κ2) is 7.28.